The Kier molecular flexibility index (Phi) is 10.5. The molecule has 1 heterocycles. The van der Waals surface area contributed by atoms with Gasteiger partial charge in [-0.2, -0.15) is 0 Å². The molecule has 1 unspecified atom stereocenters. The number of piperidine rings is 1. The molecule has 0 bridgehead atoms. The summed E-state index contributed by atoms with van der Waals surface area (Å²) in [5, 5.41) is 0. The Morgan fingerprint density at radius 3 is 2.21 bits per heavy atom. The number of hydrogen-bond donors (Lipinski definition) is 0. The molecule has 0 amide bonds. The Balaban J connectivity index is 1.19. The average Bonchev–Trinajstić information content (AvgIpc) is 2.89. The molecule has 1 aliphatic carbocycles. The Bertz CT molecular complexity index is 775. The first-order valence-corrected chi connectivity index (χ1v) is 14.3. The van der Waals surface area contributed by atoms with E-state index in [1.54, 1.807) is 0 Å². The van der Waals surface area contributed by atoms with Crippen LogP contribution in [-0.2, 0) is 6.42 Å². The number of aryl methyl sites for hydroxylation is 1. The molecule has 2 nitrogen and oxygen atoms in total. The van der Waals surface area contributed by atoms with Crippen molar-refractivity contribution in [1.29, 1.82) is 0 Å². The molecular formula is C32H48N2. The second-order valence-corrected chi connectivity index (χ2v) is 11.3. The van der Waals surface area contributed by atoms with Crippen molar-refractivity contribution in [3.63, 3.8) is 0 Å². The highest BCUT2D eigenvalue weighted by molar-refractivity contribution is 5.20. The van der Waals surface area contributed by atoms with E-state index in [0.717, 1.165) is 11.8 Å². The molecule has 2 aromatic carbocycles. The summed E-state index contributed by atoms with van der Waals surface area (Å²) in [5.41, 5.74) is 3.04. The molecule has 2 aliphatic rings. The van der Waals surface area contributed by atoms with E-state index in [-0.39, 0.29) is 0 Å². The van der Waals surface area contributed by atoms with Crippen LogP contribution in [0.3, 0.4) is 0 Å². The molecule has 0 N–H and O–H groups in total. The van der Waals surface area contributed by atoms with E-state index < -0.39 is 0 Å². The Labute approximate surface area is 209 Å². The van der Waals surface area contributed by atoms with Gasteiger partial charge in [-0.05, 0) is 101 Å². The maximum Gasteiger partial charge on any atom is 0.00478 e. The highest BCUT2D eigenvalue weighted by Crippen LogP contribution is 2.28. The van der Waals surface area contributed by atoms with Crippen LogP contribution < -0.4 is 0 Å². The molecule has 1 aliphatic heterocycles. The molecule has 4 rings (SSSR count). The van der Waals surface area contributed by atoms with E-state index in [9.17, 15) is 0 Å². The maximum absolute atomic E-state index is 2.75. The van der Waals surface area contributed by atoms with Gasteiger partial charge in [0.1, 0.15) is 0 Å². The van der Waals surface area contributed by atoms with Crippen LogP contribution >= 0.6 is 0 Å². The average molecular weight is 461 g/mol. The van der Waals surface area contributed by atoms with E-state index in [2.05, 4.69) is 77.5 Å². The van der Waals surface area contributed by atoms with Gasteiger partial charge in [0, 0.05) is 13.1 Å². The number of benzene rings is 2. The van der Waals surface area contributed by atoms with Crippen molar-refractivity contribution in [2.75, 3.05) is 39.8 Å². The molecule has 34 heavy (non-hydrogen) atoms. The number of hydrogen-bond acceptors (Lipinski definition) is 2. The van der Waals surface area contributed by atoms with Gasteiger partial charge in [0.25, 0.3) is 0 Å². The number of likely N-dealkylation sites (N-methyl/N-ethyl adjacent to an activating group) is 1. The molecule has 1 saturated carbocycles. The van der Waals surface area contributed by atoms with Crippen LogP contribution in [0, 0.1) is 11.8 Å². The number of likely N-dealkylation sites (tertiary alicyclic amines) is 1. The van der Waals surface area contributed by atoms with Crippen LogP contribution in [0.15, 0.2) is 60.7 Å². The zero-order valence-electron chi connectivity index (χ0n) is 21.7. The van der Waals surface area contributed by atoms with E-state index in [1.807, 2.05) is 0 Å². The normalized spacial score (nSPS) is 19.5. The summed E-state index contributed by atoms with van der Waals surface area (Å²) in [6.07, 6.45) is 15.3. The fourth-order valence-corrected chi connectivity index (χ4v) is 6.43. The van der Waals surface area contributed by atoms with Gasteiger partial charge in [0.15, 0.2) is 0 Å². The molecule has 0 aromatic heterocycles. The summed E-state index contributed by atoms with van der Waals surface area (Å²) in [4.78, 5) is 5.40. The number of rotatable bonds is 12. The third-order valence-corrected chi connectivity index (χ3v) is 8.52. The first-order chi connectivity index (χ1) is 16.8. The van der Waals surface area contributed by atoms with E-state index in [4.69, 9.17) is 0 Å². The number of nitrogens with zero attached hydrogens (tertiary/aromatic N) is 2. The van der Waals surface area contributed by atoms with Crippen molar-refractivity contribution in [2.24, 2.45) is 11.8 Å². The predicted octanol–water partition coefficient (Wildman–Crippen LogP) is 7.41. The Morgan fingerprint density at radius 2 is 1.50 bits per heavy atom. The molecule has 186 valence electrons. The Hall–Kier alpha value is -1.64. The van der Waals surface area contributed by atoms with E-state index in [0.29, 0.717) is 5.92 Å². The van der Waals surface area contributed by atoms with Gasteiger partial charge >= 0.3 is 0 Å². The van der Waals surface area contributed by atoms with E-state index in [1.165, 1.54) is 114 Å². The largest absolute Gasteiger partial charge is 0.305 e. The van der Waals surface area contributed by atoms with Crippen molar-refractivity contribution in [3.05, 3.63) is 71.8 Å². The summed E-state index contributed by atoms with van der Waals surface area (Å²) in [6.45, 7) is 6.35. The van der Waals surface area contributed by atoms with Gasteiger partial charge in [-0.3, -0.25) is 0 Å². The van der Waals surface area contributed by atoms with Crippen molar-refractivity contribution >= 4 is 0 Å². The fourth-order valence-electron chi connectivity index (χ4n) is 6.43. The zero-order valence-corrected chi connectivity index (χ0v) is 21.7. The fraction of sp³-hybridized carbons (Fsp3) is 0.625. The van der Waals surface area contributed by atoms with Crippen molar-refractivity contribution in [2.45, 2.75) is 76.5 Å². The van der Waals surface area contributed by atoms with Crippen molar-refractivity contribution < 1.29 is 0 Å². The van der Waals surface area contributed by atoms with Crippen LogP contribution in [0.25, 0.3) is 0 Å². The topological polar surface area (TPSA) is 6.48 Å². The van der Waals surface area contributed by atoms with E-state index >= 15 is 0 Å². The summed E-state index contributed by atoms with van der Waals surface area (Å²) in [5.74, 6) is 2.51. The van der Waals surface area contributed by atoms with Gasteiger partial charge < -0.3 is 9.80 Å². The predicted molar refractivity (Wildman–Crippen MR) is 146 cm³/mol. The summed E-state index contributed by atoms with van der Waals surface area (Å²) < 4.78 is 0. The first kappa shape index (κ1) is 25.5. The zero-order chi connectivity index (χ0) is 23.4. The lowest BCUT2D eigenvalue weighted by Crippen LogP contribution is -2.36. The maximum atomic E-state index is 2.75. The summed E-state index contributed by atoms with van der Waals surface area (Å²) >= 11 is 0. The minimum atomic E-state index is 0.651. The lowest BCUT2D eigenvalue weighted by molar-refractivity contribution is 0.166. The first-order valence-electron chi connectivity index (χ1n) is 14.3. The molecule has 2 fully saturated rings. The molecule has 2 aromatic rings. The summed E-state index contributed by atoms with van der Waals surface area (Å²) in [6, 6.07) is 22.3. The quantitative estimate of drug-likeness (QED) is 0.325. The highest BCUT2D eigenvalue weighted by atomic mass is 15.1. The SMILES string of the molecule is CN(CC1CCCCC1)CC(CCN1CCC(CCCc2ccccc2)CC1)c1ccccc1. The van der Waals surface area contributed by atoms with Crippen molar-refractivity contribution in [1.82, 2.24) is 9.80 Å². The minimum Gasteiger partial charge on any atom is -0.305 e. The minimum absolute atomic E-state index is 0.651. The van der Waals surface area contributed by atoms with Crippen LogP contribution in [0.2, 0.25) is 0 Å². The van der Waals surface area contributed by atoms with Crippen LogP contribution in [0.1, 0.15) is 81.3 Å². The smallest absolute Gasteiger partial charge is 0.00478 e. The van der Waals surface area contributed by atoms with Gasteiger partial charge in [-0.1, -0.05) is 86.3 Å². The van der Waals surface area contributed by atoms with Gasteiger partial charge in [0.05, 0.1) is 0 Å². The second kappa shape index (κ2) is 14.0. The van der Waals surface area contributed by atoms with Crippen LogP contribution in [0.5, 0.6) is 0 Å². The highest BCUT2D eigenvalue weighted by Gasteiger charge is 2.22. The van der Waals surface area contributed by atoms with Crippen LogP contribution in [-0.4, -0.2) is 49.6 Å². The van der Waals surface area contributed by atoms with Crippen LogP contribution in [0.4, 0.5) is 0 Å². The van der Waals surface area contributed by atoms with Crippen molar-refractivity contribution in [3.8, 4) is 0 Å². The third kappa shape index (κ3) is 8.54. The molecule has 0 spiro atoms. The third-order valence-electron chi connectivity index (χ3n) is 8.52. The molecule has 2 heteroatoms. The Morgan fingerprint density at radius 1 is 0.824 bits per heavy atom. The molecule has 1 saturated heterocycles. The van der Waals surface area contributed by atoms with Gasteiger partial charge in [0.2, 0.25) is 0 Å². The van der Waals surface area contributed by atoms with Gasteiger partial charge in [-0.15, -0.1) is 0 Å². The molecular weight excluding hydrogens is 412 g/mol. The summed E-state index contributed by atoms with van der Waals surface area (Å²) in [7, 11) is 2.37. The monoisotopic (exact) mass is 460 g/mol. The lowest BCUT2D eigenvalue weighted by Gasteiger charge is -2.34. The lowest BCUT2D eigenvalue weighted by atomic mass is 9.88. The molecule has 1 atom stereocenters. The standard InChI is InChI=1S/C32H48N2/c1-33(26-30-14-7-3-8-15-30)27-32(31-18-9-4-10-19-31)22-25-34-23-20-29(21-24-34)17-11-16-28-12-5-2-6-13-28/h2,4-6,9-10,12-13,18-19,29-30,32H,3,7-8,11,14-17,20-27H2,1H3. The molecule has 0 radical (unpaired) electrons. The van der Waals surface area contributed by atoms with Gasteiger partial charge in [-0.25, -0.2) is 0 Å². The second-order valence-electron chi connectivity index (χ2n) is 11.3.